The molecule has 1 aliphatic rings. The molecule has 1 aromatic heterocycles. The average Bonchev–Trinajstić information content (AvgIpc) is 3.00. The third kappa shape index (κ3) is 3.54. The second kappa shape index (κ2) is 7.21. The lowest BCUT2D eigenvalue weighted by atomic mass is 9.93. The molecule has 3 aromatic rings. The van der Waals surface area contributed by atoms with E-state index in [2.05, 4.69) is 101 Å². The van der Waals surface area contributed by atoms with Crippen molar-refractivity contribution >= 4 is 55.7 Å². The summed E-state index contributed by atoms with van der Waals surface area (Å²) in [7, 11) is -0.885. The van der Waals surface area contributed by atoms with Gasteiger partial charge in [-0.05, 0) is 70.2 Å². The molecule has 2 nitrogen and oxygen atoms in total. The predicted molar refractivity (Wildman–Crippen MR) is 130 cm³/mol. The summed E-state index contributed by atoms with van der Waals surface area (Å²) in [5, 5.41) is 4.88. The fraction of sp³-hybridized carbons (Fsp3) is 0.304. The first-order valence-corrected chi connectivity index (χ1v) is 14.4. The van der Waals surface area contributed by atoms with Crippen molar-refractivity contribution in [2.45, 2.75) is 26.7 Å². The third-order valence-electron chi connectivity index (χ3n) is 5.19. The van der Waals surface area contributed by atoms with Crippen molar-refractivity contribution in [2.75, 3.05) is 17.8 Å². The van der Waals surface area contributed by atoms with Gasteiger partial charge in [0.15, 0.2) is 5.58 Å². The lowest BCUT2D eigenvalue weighted by molar-refractivity contribution is 0.583. The summed E-state index contributed by atoms with van der Waals surface area (Å²) >= 11 is 2.60. The van der Waals surface area contributed by atoms with Crippen LogP contribution in [0.15, 0.2) is 53.0 Å². The Morgan fingerprint density at radius 1 is 1.11 bits per heavy atom. The first-order chi connectivity index (χ1) is 12.9. The molecule has 0 bridgehead atoms. The van der Waals surface area contributed by atoms with Crippen molar-refractivity contribution in [3.8, 4) is 0 Å². The van der Waals surface area contributed by atoms with E-state index < -0.39 is 7.20 Å². The highest BCUT2D eigenvalue weighted by Crippen LogP contribution is 2.63. The van der Waals surface area contributed by atoms with Gasteiger partial charge >= 0.3 is 0 Å². The van der Waals surface area contributed by atoms with Crippen molar-refractivity contribution in [2.24, 2.45) is 5.92 Å². The SMILES string of the molecule is CCc1ccccc1Nc1cccc2c3c(oc12)C(S(C)(C)I)=C[C@@H](C)C3. The number of halogens is 1. The lowest BCUT2D eigenvalue weighted by Crippen LogP contribution is -2.07. The molecule has 0 saturated heterocycles. The molecule has 27 heavy (non-hydrogen) atoms. The fourth-order valence-corrected chi connectivity index (χ4v) is 6.07. The minimum Gasteiger partial charge on any atom is -0.453 e. The van der Waals surface area contributed by atoms with Crippen LogP contribution >= 0.6 is 28.4 Å². The van der Waals surface area contributed by atoms with Gasteiger partial charge in [0, 0.05) is 21.5 Å². The zero-order valence-electron chi connectivity index (χ0n) is 16.3. The summed E-state index contributed by atoms with van der Waals surface area (Å²) in [6, 6.07) is 15.0. The van der Waals surface area contributed by atoms with Gasteiger partial charge in [0.05, 0.1) is 5.69 Å². The van der Waals surface area contributed by atoms with Crippen LogP contribution in [0.25, 0.3) is 15.9 Å². The highest BCUT2D eigenvalue weighted by molar-refractivity contribution is 14.2. The van der Waals surface area contributed by atoms with E-state index in [1.165, 1.54) is 21.4 Å². The summed E-state index contributed by atoms with van der Waals surface area (Å²) < 4.78 is 6.54. The molecular formula is C23H26INOS. The Labute approximate surface area is 175 Å². The number of hydrogen-bond acceptors (Lipinski definition) is 2. The maximum Gasteiger partial charge on any atom is 0.158 e. The third-order valence-corrected chi connectivity index (χ3v) is 7.99. The number of furan rings is 1. The van der Waals surface area contributed by atoms with E-state index >= 15 is 0 Å². The zero-order valence-corrected chi connectivity index (χ0v) is 19.3. The van der Waals surface area contributed by atoms with Crippen LogP contribution in [0.1, 0.15) is 30.7 Å². The summed E-state index contributed by atoms with van der Waals surface area (Å²) in [6.45, 7) is 4.50. The quantitative estimate of drug-likeness (QED) is 0.379. The first-order valence-electron chi connectivity index (χ1n) is 9.43. The van der Waals surface area contributed by atoms with Crippen LogP contribution in [0.3, 0.4) is 0 Å². The van der Waals surface area contributed by atoms with Crippen LogP contribution in [-0.2, 0) is 12.8 Å². The highest BCUT2D eigenvalue weighted by Gasteiger charge is 2.30. The van der Waals surface area contributed by atoms with Crippen LogP contribution in [0.5, 0.6) is 0 Å². The number of benzene rings is 2. The van der Waals surface area contributed by atoms with Gasteiger partial charge in [-0.1, -0.05) is 50.3 Å². The molecule has 142 valence electrons. The molecular weight excluding hydrogens is 465 g/mol. The van der Waals surface area contributed by atoms with Gasteiger partial charge in [-0.25, -0.2) is 0 Å². The Balaban J connectivity index is 1.86. The van der Waals surface area contributed by atoms with E-state index in [1.807, 2.05) is 0 Å². The van der Waals surface area contributed by atoms with Crippen molar-refractivity contribution in [1.29, 1.82) is 0 Å². The number of rotatable bonds is 4. The van der Waals surface area contributed by atoms with Gasteiger partial charge in [-0.2, -0.15) is 7.20 Å². The largest absolute Gasteiger partial charge is 0.453 e. The molecule has 0 aliphatic heterocycles. The number of anilines is 2. The Kier molecular flexibility index (Phi) is 5.06. The van der Waals surface area contributed by atoms with Crippen LogP contribution in [-0.4, -0.2) is 12.5 Å². The maximum absolute atomic E-state index is 6.54. The molecule has 0 amide bonds. The molecule has 4 rings (SSSR count). The molecule has 0 saturated carbocycles. The number of hydrogen-bond donors (Lipinski definition) is 1. The van der Waals surface area contributed by atoms with Crippen LogP contribution in [0.4, 0.5) is 11.4 Å². The molecule has 1 N–H and O–H groups in total. The van der Waals surface area contributed by atoms with Crippen molar-refractivity contribution < 1.29 is 4.42 Å². The van der Waals surface area contributed by atoms with Crippen LogP contribution in [0, 0.1) is 5.92 Å². The van der Waals surface area contributed by atoms with Gasteiger partial charge < -0.3 is 9.73 Å². The Bertz CT molecular complexity index is 1030. The topological polar surface area (TPSA) is 25.2 Å². The van der Waals surface area contributed by atoms with Crippen molar-refractivity contribution in [1.82, 2.24) is 0 Å². The smallest absolute Gasteiger partial charge is 0.158 e. The molecule has 1 atom stereocenters. The minimum absolute atomic E-state index is 0.548. The lowest BCUT2D eigenvalue weighted by Gasteiger charge is -2.30. The molecule has 0 spiro atoms. The Hall–Kier alpha value is -1.40. The molecule has 1 heterocycles. The second-order valence-electron chi connectivity index (χ2n) is 7.64. The van der Waals surface area contributed by atoms with Gasteiger partial charge in [0.2, 0.25) is 0 Å². The number of aryl methyl sites for hydroxylation is 1. The van der Waals surface area contributed by atoms with Gasteiger partial charge in [-0.15, -0.1) is 0 Å². The van der Waals surface area contributed by atoms with E-state index in [-0.39, 0.29) is 0 Å². The van der Waals surface area contributed by atoms with Crippen molar-refractivity contribution in [3.63, 3.8) is 0 Å². The van der Waals surface area contributed by atoms with E-state index in [1.54, 1.807) is 0 Å². The summed E-state index contributed by atoms with van der Waals surface area (Å²) in [4.78, 5) is 1.40. The van der Waals surface area contributed by atoms with E-state index in [4.69, 9.17) is 4.42 Å². The molecule has 1 aliphatic carbocycles. The average molecular weight is 491 g/mol. The molecule has 4 heteroatoms. The normalized spacial score (nSPS) is 17.5. The number of nitrogens with one attached hydrogen (secondary N) is 1. The summed E-state index contributed by atoms with van der Waals surface area (Å²) in [5.74, 6) is 1.66. The molecule has 0 radical (unpaired) electrons. The van der Waals surface area contributed by atoms with E-state index in [0.717, 1.165) is 35.6 Å². The number of para-hydroxylation sites is 2. The molecule has 2 aromatic carbocycles. The molecule has 0 unspecified atom stereocenters. The summed E-state index contributed by atoms with van der Waals surface area (Å²) in [5.41, 5.74) is 5.88. The Morgan fingerprint density at radius 3 is 2.59 bits per heavy atom. The monoisotopic (exact) mass is 491 g/mol. The standard InChI is InChI=1S/C23H26INOS/c1-5-16-9-6-7-11-19(16)25-20-12-8-10-17-18-13-15(2)14-21(27(3,4)24)23(18)26-22(17)20/h6-12,14-15,25H,5,13H2,1-4H3/t15-/m0/s1. The van der Waals surface area contributed by atoms with E-state index in [9.17, 15) is 0 Å². The van der Waals surface area contributed by atoms with E-state index in [0.29, 0.717) is 5.92 Å². The van der Waals surface area contributed by atoms with Crippen molar-refractivity contribution in [3.05, 3.63) is 65.4 Å². The van der Waals surface area contributed by atoms with Crippen LogP contribution in [0.2, 0.25) is 0 Å². The highest BCUT2D eigenvalue weighted by atomic mass is 127. The Morgan fingerprint density at radius 2 is 1.85 bits per heavy atom. The summed E-state index contributed by atoms with van der Waals surface area (Å²) in [6.07, 6.45) is 9.15. The maximum atomic E-state index is 6.54. The minimum atomic E-state index is -0.885. The van der Waals surface area contributed by atoms with Gasteiger partial charge in [0.25, 0.3) is 0 Å². The zero-order chi connectivity index (χ0) is 19.2. The van der Waals surface area contributed by atoms with Gasteiger partial charge in [-0.3, -0.25) is 0 Å². The second-order valence-corrected chi connectivity index (χ2v) is 17.1. The molecule has 0 fully saturated rings. The number of fused-ring (bicyclic) bond motifs is 3. The first kappa shape index (κ1) is 18.9. The van der Waals surface area contributed by atoms with Gasteiger partial charge in [0.1, 0.15) is 5.76 Å². The fourth-order valence-electron chi connectivity index (χ4n) is 3.86. The van der Waals surface area contributed by atoms with Crippen LogP contribution < -0.4 is 5.32 Å². The number of allylic oxidation sites excluding steroid dienone is 1. The predicted octanol–water partition coefficient (Wildman–Crippen LogP) is 7.69.